The van der Waals surface area contributed by atoms with Gasteiger partial charge in [0, 0.05) is 27.5 Å². The van der Waals surface area contributed by atoms with Gasteiger partial charge in [-0.05, 0) is 73.8 Å². The van der Waals surface area contributed by atoms with Crippen molar-refractivity contribution in [3.8, 4) is 45.3 Å². The van der Waals surface area contributed by atoms with Gasteiger partial charge in [-0.25, -0.2) is 15.0 Å². The minimum absolute atomic E-state index is 0.607. The van der Waals surface area contributed by atoms with Crippen LogP contribution in [0.1, 0.15) is 0 Å². The number of hydrogen-bond acceptors (Lipinski definition) is 4. The molecule has 10 rings (SSSR count). The van der Waals surface area contributed by atoms with Crippen molar-refractivity contribution in [2.45, 2.75) is 0 Å². The molecule has 2 aromatic heterocycles. The molecule has 0 N–H and O–H groups in total. The van der Waals surface area contributed by atoms with Crippen LogP contribution >= 0.6 is 0 Å². The number of furan rings is 1. The minimum atomic E-state index is 0.607. The number of benzene rings is 8. The number of para-hydroxylation sites is 1. The van der Waals surface area contributed by atoms with Gasteiger partial charge in [0.25, 0.3) is 0 Å². The van der Waals surface area contributed by atoms with Crippen molar-refractivity contribution in [3.63, 3.8) is 0 Å². The lowest BCUT2D eigenvalue weighted by Gasteiger charge is -2.11. The predicted octanol–water partition coefficient (Wildman–Crippen LogP) is 11.9. The maximum absolute atomic E-state index is 6.25. The summed E-state index contributed by atoms with van der Waals surface area (Å²) in [7, 11) is 0. The van der Waals surface area contributed by atoms with Gasteiger partial charge in [-0.3, -0.25) is 0 Å². The molecule has 0 unspecified atom stereocenters. The number of hydrogen-bond donors (Lipinski definition) is 0. The van der Waals surface area contributed by atoms with Crippen molar-refractivity contribution < 1.29 is 4.42 Å². The Kier molecular flexibility index (Phi) is 6.15. The van der Waals surface area contributed by atoms with Crippen LogP contribution in [-0.2, 0) is 0 Å². The first kappa shape index (κ1) is 27.5. The highest BCUT2D eigenvalue weighted by molar-refractivity contribution is 6.12. The smallest absolute Gasteiger partial charge is 0.164 e. The summed E-state index contributed by atoms with van der Waals surface area (Å²) >= 11 is 0. The molecule has 0 spiro atoms. The zero-order chi connectivity index (χ0) is 32.3. The zero-order valence-electron chi connectivity index (χ0n) is 26.3. The average Bonchev–Trinajstić information content (AvgIpc) is 3.56. The molecule has 0 atom stereocenters. The average molecular weight is 626 g/mol. The van der Waals surface area contributed by atoms with Gasteiger partial charge in [0.05, 0.1) is 0 Å². The van der Waals surface area contributed by atoms with Crippen LogP contribution in [0, 0.1) is 0 Å². The SMILES string of the molecule is c1ccc(-c2ccc3c(ccc4ccc(-c5nc(-c6ccc7ccccc7c6)nc(-c6cccc7oc8ccccc8c67)n5)cc43)c2)cc1. The largest absolute Gasteiger partial charge is 0.456 e. The van der Waals surface area contributed by atoms with Gasteiger partial charge in [-0.1, -0.05) is 133 Å². The third-order valence-electron chi connectivity index (χ3n) is 9.49. The summed E-state index contributed by atoms with van der Waals surface area (Å²) in [4.78, 5) is 15.4. The third kappa shape index (κ3) is 4.65. The minimum Gasteiger partial charge on any atom is -0.456 e. The van der Waals surface area contributed by atoms with E-state index in [-0.39, 0.29) is 0 Å². The fourth-order valence-electron chi connectivity index (χ4n) is 7.05. The molecule has 8 aromatic carbocycles. The summed E-state index contributed by atoms with van der Waals surface area (Å²) in [6.45, 7) is 0. The molecule has 4 heteroatoms. The van der Waals surface area contributed by atoms with Crippen LogP contribution in [0.15, 0.2) is 168 Å². The first-order valence-corrected chi connectivity index (χ1v) is 16.4. The number of aromatic nitrogens is 3. The van der Waals surface area contributed by atoms with Crippen molar-refractivity contribution in [3.05, 3.63) is 164 Å². The first-order chi connectivity index (χ1) is 24.2. The number of fused-ring (bicyclic) bond motifs is 7. The molecule has 10 aromatic rings. The Bertz CT molecular complexity index is 2890. The Morgan fingerprint density at radius 2 is 0.959 bits per heavy atom. The van der Waals surface area contributed by atoms with Gasteiger partial charge in [0.15, 0.2) is 17.5 Å². The highest BCUT2D eigenvalue weighted by Gasteiger charge is 2.18. The van der Waals surface area contributed by atoms with Crippen LogP contribution in [0.4, 0.5) is 0 Å². The van der Waals surface area contributed by atoms with Crippen molar-refractivity contribution >= 4 is 54.3 Å². The number of nitrogens with zero attached hydrogens (tertiary/aromatic N) is 3. The maximum atomic E-state index is 6.25. The first-order valence-electron chi connectivity index (χ1n) is 16.4. The van der Waals surface area contributed by atoms with Crippen molar-refractivity contribution in [2.24, 2.45) is 0 Å². The standard InChI is InChI=1S/C45H27N3O/c1-2-9-28(10-3-1)32-23-24-36-33(25-32)20-18-30-19-22-35(27-39(30)36)44-46-43(34-21-17-29-11-4-5-12-31(29)26-34)47-45(48-44)38-14-8-16-41-42(38)37-13-6-7-15-40(37)49-41/h1-27H. The molecule has 49 heavy (non-hydrogen) atoms. The van der Waals surface area contributed by atoms with Gasteiger partial charge in [-0.15, -0.1) is 0 Å². The van der Waals surface area contributed by atoms with Crippen molar-refractivity contribution in [1.82, 2.24) is 15.0 Å². The van der Waals surface area contributed by atoms with Gasteiger partial charge >= 0.3 is 0 Å². The van der Waals surface area contributed by atoms with Gasteiger partial charge < -0.3 is 4.42 Å². The highest BCUT2D eigenvalue weighted by Crippen LogP contribution is 2.37. The molecule has 0 amide bonds. The van der Waals surface area contributed by atoms with Gasteiger partial charge in [-0.2, -0.15) is 0 Å². The molecule has 0 aliphatic rings. The Hall–Kier alpha value is -6.65. The lowest BCUT2D eigenvalue weighted by atomic mass is 9.96. The van der Waals surface area contributed by atoms with E-state index in [1.165, 1.54) is 32.7 Å². The molecule has 0 aliphatic heterocycles. The summed E-state index contributed by atoms with van der Waals surface area (Å²) in [5.41, 5.74) is 6.83. The van der Waals surface area contributed by atoms with E-state index in [0.29, 0.717) is 17.5 Å². The van der Waals surface area contributed by atoms with Crippen molar-refractivity contribution in [1.29, 1.82) is 0 Å². The molecule has 0 saturated heterocycles. The summed E-state index contributed by atoms with van der Waals surface area (Å²) in [5.74, 6) is 1.86. The van der Waals surface area contributed by atoms with E-state index >= 15 is 0 Å². The van der Waals surface area contributed by atoms with Crippen molar-refractivity contribution in [2.75, 3.05) is 0 Å². The topological polar surface area (TPSA) is 51.8 Å². The predicted molar refractivity (Wildman–Crippen MR) is 201 cm³/mol. The fourth-order valence-corrected chi connectivity index (χ4v) is 7.05. The monoisotopic (exact) mass is 625 g/mol. The van der Waals surface area contributed by atoms with E-state index < -0.39 is 0 Å². The molecule has 0 radical (unpaired) electrons. The summed E-state index contributed by atoms with van der Waals surface area (Å²) < 4.78 is 6.25. The molecule has 0 bridgehead atoms. The second-order valence-electron chi connectivity index (χ2n) is 12.4. The van der Waals surface area contributed by atoms with E-state index in [2.05, 4.69) is 133 Å². The molecule has 0 fully saturated rings. The van der Waals surface area contributed by atoms with Gasteiger partial charge in [0.2, 0.25) is 0 Å². The summed E-state index contributed by atoms with van der Waals surface area (Å²) in [6.07, 6.45) is 0. The Balaban J connectivity index is 1.19. The Labute approximate surface area is 282 Å². The summed E-state index contributed by atoms with van der Waals surface area (Å²) in [5, 5.41) is 9.06. The van der Waals surface area contributed by atoms with Gasteiger partial charge in [0.1, 0.15) is 11.2 Å². The van der Waals surface area contributed by atoms with E-state index in [4.69, 9.17) is 19.4 Å². The maximum Gasteiger partial charge on any atom is 0.164 e. The summed E-state index contributed by atoms with van der Waals surface area (Å²) in [6, 6.07) is 57.1. The lowest BCUT2D eigenvalue weighted by molar-refractivity contribution is 0.669. The van der Waals surface area contributed by atoms with Crippen LogP contribution in [-0.4, -0.2) is 15.0 Å². The Morgan fingerprint density at radius 3 is 1.84 bits per heavy atom. The van der Waals surface area contributed by atoms with Crippen LogP contribution < -0.4 is 0 Å². The van der Waals surface area contributed by atoms with Crippen LogP contribution in [0.3, 0.4) is 0 Å². The molecular weight excluding hydrogens is 599 g/mol. The third-order valence-corrected chi connectivity index (χ3v) is 9.49. The van der Waals surface area contributed by atoms with E-state index in [9.17, 15) is 0 Å². The van der Waals surface area contributed by atoms with Crippen LogP contribution in [0.2, 0.25) is 0 Å². The Morgan fingerprint density at radius 1 is 0.327 bits per heavy atom. The molecule has 0 saturated carbocycles. The molecule has 228 valence electrons. The quantitative estimate of drug-likeness (QED) is 0.183. The van der Waals surface area contributed by atoms with E-state index in [0.717, 1.165) is 49.4 Å². The molecule has 2 heterocycles. The van der Waals surface area contributed by atoms with E-state index in [1.54, 1.807) is 0 Å². The second-order valence-corrected chi connectivity index (χ2v) is 12.4. The number of rotatable bonds is 4. The molecule has 4 nitrogen and oxygen atoms in total. The normalized spacial score (nSPS) is 11.7. The molecular formula is C45H27N3O. The fraction of sp³-hybridized carbons (Fsp3) is 0. The van der Waals surface area contributed by atoms with Crippen LogP contribution in [0.5, 0.6) is 0 Å². The lowest BCUT2D eigenvalue weighted by Crippen LogP contribution is -2.00. The van der Waals surface area contributed by atoms with E-state index in [1.807, 2.05) is 30.3 Å². The van der Waals surface area contributed by atoms with Crippen LogP contribution in [0.25, 0.3) is 99.5 Å². The zero-order valence-corrected chi connectivity index (χ0v) is 26.3. The second kappa shape index (κ2) is 11.0. The molecule has 0 aliphatic carbocycles. The highest BCUT2D eigenvalue weighted by atomic mass is 16.3.